The summed E-state index contributed by atoms with van der Waals surface area (Å²) in [5.74, 6) is -0.514. The molecular weight excluding hydrogens is 294 g/mol. The molecule has 0 aliphatic rings. The molecule has 2 aromatic rings. The number of rotatable bonds is 4. The van der Waals surface area contributed by atoms with Gasteiger partial charge >= 0.3 is 5.97 Å². The molecule has 2 N–H and O–H groups in total. The van der Waals surface area contributed by atoms with E-state index in [9.17, 15) is 13.2 Å². The fraction of sp³-hybridized carbons (Fsp3) is 0.231. The van der Waals surface area contributed by atoms with Crippen LogP contribution in [0.5, 0.6) is 0 Å². The summed E-state index contributed by atoms with van der Waals surface area (Å²) in [6, 6.07) is 3.10. The maximum atomic E-state index is 12.1. The quantitative estimate of drug-likeness (QED) is 0.836. The molecule has 21 heavy (non-hydrogen) atoms. The number of nitrogens with one attached hydrogen (secondary N) is 2. The van der Waals surface area contributed by atoms with E-state index in [2.05, 4.69) is 14.9 Å². The number of H-pyrrole nitrogens is 1. The van der Waals surface area contributed by atoms with Gasteiger partial charge in [-0.25, -0.2) is 13.2 Å². The Labute approximate surface area is 122 Å². The number of aromatic nitrogens is 2. The van der Waals surface area contributed by atoms with Gasteiger partial charge in [0.25, 0.3) is 10.0 Å². The minimum absolute atomic E-state index is 0.0142. The van der Waals surface area contributed by atoms with Gasteiger partial charge in [-0.1, -0.05) is 0 Å². The monoisotopic (exact) mass is 309 g/mol. The summed E-state index contributed by atoms with van der Waals surface area (Å²) in [6.07, 6.45) is 2.47. The van der Waals surface area contributed by atoms with Gasteiger partial charge in [0.2, 0.25) is 0 Å². The molecule has 7 nitrogen and oxygen atoms in total. The SMILES string of the molecule is COC(=O)c1cc(NS(=O)(=O)c2cn[nH]c2)cc(C)c1C. The lowest BCUT2D eigenvalue weighted by molar-refractivity contribution is 0.0600. The highest BCUT2D eigenvalue weighted by Crippen LogP contribution is 2.23. The number of carbonyl (C=O) groups excluding carboxylic acids is 1. The van der Waals surface area contributed by atoms with Gasteiger partial charge in [0.05, 0.1) is 18.9 Å². The van der Waals surface area contributed by atoms with E-state index < -0.39 is 16.0 Å². The zero-order chi connectivity index (χ0) is 15.6. The van der Waals surface area contributed by atoms with Gasteiger partial charge in [-0.05, 0) is 37.1 Å². The third kappa shape index (κ3) is 3.05. The summed E-state index contributed by atoms with van der Waals surface area (Å²) < 4.78 is 31.4. The third-order valence-electron chi connectivity index (χ3n) is 3.11. The second-order valence-electron chi connectivity index (χ2n) is 4.50. The van der Waals surface area contributed by atoms with E-state index in [0.29, 0.717) is 11.3 Å². The van der Waals surface area contributed by atoms with Crippen LogP contribution in [-0.2, 0) is 14.8 Å². The lowest BCUT2D eigenvalue weighted by Gasteiger charge is -2.12. The van der Waals surface area contributed by atoms with Crippen LogP contribution in [0.15, 0.2) is 29.4 Å². The third-order valence-corrected chi connectivity index (χ3v) is 4.46. The predicted molar refractivity (Wildman–Crippen MR) is 76.7 cm³/mol. The molecule has 0 saturated heterocycles. The maximum absolute atomic E-state index is 12.1. The first-order valence-electron chi connectivity index (χ1n) is 6.06. The highest BCUT2D eigenvalue weighted by molar-refractivity contribution is 7.92. The zero-order valence-electron chi connectivity index (χ0n) is 11.8. The van der Waals surface area contributed by atoms with Gasteiger partial charge in [0.1, 0.15) is 4.90 Å². The smallest absolute Gasteiger partial charge is 0.338 e. The standard InChI is InChI=1S/C13H15N3O4S/c1-8-4-10(5-12(9(8)2)13(17)20-3)16-21(18,19)11-6-14-15-7-11/h4-7,16H,1-3H3,(H,14,15). The summed E-state index contributed by atoms with van der Waals surface area (Å²) in [7, 11) is -2.47. The van der Waals surface area contributed by atoms with Crippen molar-refractivity contribution < 1.29 is 17.9 Å². The van der Waals surface area contributed by atoms with Crippen molar-refractivity contribution in [3.8, 4) is 0 Å². The molecule has 0 aliphatic carbocycles. The van der Waals surface area contributed by atoms with Crippen molar-refractivity contribution in [2.75, 3.05) is 11.8 Å². The van der Waals surface area contributed by atoms with E-state index in [0.717, 1.165) is 11.1 Å². The number of aromatic amines is 1. The molecule has 0 atom stereocenters. The first kappa shape index (κ1) is 15.0. The van der Waals surface area contributed by atoms with Crippen LogP contribution < -0.4 is 4.72 Å². The van der Waals surface area contributed by atoms with Crippen molar-refractivity contribution in [1.82, 2.24) is 10.2 Å². The topological polar surface area (TPSA) is 101 Å². The molecule has 0 radical (unpaired) electrons. The van der Waals surface area contributed by atoms with Crippen LogP contribution in [-0.4, -0.2) is 31.7 Å². The number of benzene rings is 1. The van der Waals surface area contributed by atoms with Crippen LogP contribution in [0.3, 0.4) is 0 Å². The second kappa shape index (κ2) is 5.57. The molecule has 0 fully saturated rings. The van der Waals surface area contributed by atoms with Crippen LogP contribution in [0.25, 0.3) is 0 Å². The summed E-state index contributed by atoms with van der Waals surface area (Å²) in [5.41, 5.74) is 2.14. The Morgan fingerprint density at radius 2 is 2.05 bits per heavy atom. The maximum Gasteiger partial charge on any atom is 0.338 e. The molecule has 0 aliphatic heterocycles. The first-order valence-corrected chi connectivity index (χ1v) is 7.54. The summed E-state index contributed by atoms with van der Waals surface area (Å²) in [5, 5.41) is 6.04. The van der Waals surface area contributed by atoms with Gasteiger partial charge < -0.3 is 4.74 Å². The number of nitrogens with zero attached hydrogens (tertiary/aromatic N) is 1. The average molecular weight is 309 g/mol. The van der Waals surface area contributed by atoms with Crippen LogP contribution in [0.4, 0.5) is 5.69 Å². The molecule has 0 saturated carbocycles. The van der Waals surface area contributed by atoms with E-state index in [-0.39, 0.29) is 4.90 Å². The molecule has 1 aromatic heterocycles. The van der Waals surface area contributed by atoms with Crippen molar-refractivity contribution in [1.29, 1.82) is 0 Å². The average Bonchev–Trinajstić information content (AvgIpc) is 2.96. The van der Waals surface area contributed by atoms with Gasteiger partial charge in [-0.2, -0.15) is 5.10 Å². The van der Waals surface area contributed by atoms with Gasteiger partial charge in [-0.15, -0.1) is 0 Å². The lowest BCUT2D eigenvalue weighted by atomic mass is 10.0. The molecule has 0 amide bonds. The second-order valence-corrected chi connectivity index (χ2v) is 6.18. The van der Waals surface area contributed by atoms with Gasteiger partial charge in [0, 0.05) is 11.9 Å². The van der Waals surface area contributed by atoms with Gasteiger partial charge in [0.15, 0.2) is 0 Å². The van der Waals surface area contributed by atoms with Crippen molar-refractivity contribution in [3.63, 3.8) is 0 Å². The Balaban J connectivity index is 2.42. The number of ether oxygens (including phenoxy) is 1. The summed E-state index contributed by atoms with van der Waals surface area (Å²) >= 11 is 0. The van der Waals surface area contributed by atoms with Crippen molar-refractivity contribution in [3.05, 3.63) is 41.2 Å². The van der Waals surface area contributed by atoms with E-state index in [1.165, 1.54) is 25.6 Å². The molecule has 0 spiro atoms. The van der Waals surface area contributed by atoms with Crippen molar-refractivity contribution in [2.45, 2.75) is 18.7 Å². The number of aryl methyl sites for hydroxylation is 1. The fourth-order valence-corrected chi connectivity index (χ4v) is 2.79. The van der Waals surface area contributed by atoms with Crippen LogP contribution >= 0.6 is 0 Å². The summed E-state index contributed by atoms with van der Waals surface area (Å²) in [6.45, 7) is 3.56. The molecular formula is C13H15N3O4S. The lowest BCUT2D eigenvalue weighted by Crippen LogP contribution is -2.14. The molecule has 1 aromatic carbocycles. The number of anilines is 1. The predicted octanol–water partition coefficient (Wildman–Crippen LogP) is 1.61. The molecule has 0 unspecified atom stereocenters. The summed E-state index contributed by atoms with van der Waals surface area (Å²) in [4.78, 5) is 11.7. The minimum Gasteiger partial charge on any atom is -0.465 e. The normalized spacial score (nSPS) is 11.2. The fourth-order valence-electron chi connectivity index (χ4n) is 1.84. The number of esters is 1. The highest BCUT2D eigenvalue weighted by atomic mass is 32.2. The Bertz CT molecular complexity index is 767. The number of carbonyl (C=O) groups is 1. The minimum atomic E-state index is -3.74. The first-order chi connectivity index (χ1) is 9.85. The van der Waals surface area contributed by atoms with Crippen LogP contribution in [0.2, 0.25) is 0 Å². The number of sulfonamides is 1. The van der Waals surface area contributed by atoms with E-state index in [4.69, 9.17) is 4.74 Å². The largest absolute Gasteiger partial charge is 0.465 e. The van der Waals surface area contributed by atoms with Crippen molar-refractivity contribution in [2.24, 2.45) is 0 Å². The zero-order valence-corrected chi connectivity index (χ0v) is 12.6. The number of methoxy groups -OCH3 is 1. The van der Waals surface area contributed by atoms with E-state index in [1.807, 2.05) is 0 Å². The van der Waals surface area contributed by atoms with Crippen LogP contribution in [0.1, 0.15) is 21.5 Å². The van der Waals surface area contributed by atoms with Crippen LogP contribution in [0, 0.1) is 13.8 Å². The number of hydrogen-bond donors (Lipinski definition) is 2. The van der Waals surface area contributed by atoms with Crippen molar-refractivity contribution >= 4 is 21.7 Å². The Hall–Kier alpha value is -2.35. The molecule has 8 heteroatoms. The Morgan fingerprint density at radius 1 is 1.33 bits per heavy atom. The molecule has 2 rings (SSSR count). The molecule has 112 valence electrons. The van der Waals surface area contributed by atoms with E-state index in [1.54, 1.807) is 19.9 Å². The molecule has 0 bridgehead atoms. The highest BCUT2D eigenvalue weighted by Gasteiger charge is 2.18. The molecule has 1 heterocycles. The van der Waals surface area contributed by atoms with Gasteiger partial charge in [-0.3, -0.25) is 9.82 Å². The Morgan fingerprint density at radius 3 is 2.62 bits per heavy atom. The van der Waals surface area contributed by atoms with E-state index >= 15 is 0 Å². The Kier molecular flexibility index (Phi) is 3.99. The number of hydrogen-bond acceptors (Lipinski definition) is 5.